The lowest BCUT2D eigenvalue weighted by atomic mass is 9.93. The molecule has 1 fully saturated rings. The number of β-amino-alcohol motifs (C(OH)–C–C–N with tert-alkyl or cyclic N) is 1. The van der Waals surface area contributed by atoms with Crippen molar-refractivity contribution in [3.8, 4) is 0 Å². The molecule has 0 aromatic carbocycles. The van der Waals surface area contributed by atoms with Crippen LogP contribution < -0.4 is 5.32 Å². The fourth-order valence-electron chi connectivity index (χ4n) is 1.92. The van der Waals surface area contributed by atoms with Gasteiger partial charge in [-0.2, -0.15) is 0 Å². The third-order valence-electron chi connectivity index (χ3n) is 2.88. The van der Waals surface area contributed by atoms with Crippen LogP contribution in [0.4, 0.5) is 0 Å². The normalized spacial score (nSPS) is 19.6. The number of carbonyl (C=O) groups excluding carboxylic acids is 1. The Morgan fingerprint density at radius 3 is 2.64 bits per heavy atom. The number of likely N-dealkylation sites (tertiary alicyclic amines) is 1. The summed E-state index contributed by atoms with van der Waals surface area (Å²) >= 11 is 0. The van der Waals surface area contributed by atoms with Gasteiger partial charge in [0.05, 0.1) is 6.61 Å². The van der Waals surface area contributed by atoms with Crippen molar-refractivity contribution < 1.29 is 9.90 Å². The maximum atomic E-state index is 11.1. The Balaban J connectivity index is 2.18. The standard InChI is InChI=1S/C10H20N2O2/c1-11-10(14)8-9-2-4-12(5-3-9)6-7-13/h9,13H,2-8H2,1H3,(H,11,14). The number of amides is 1. The number of aliphatic hydroxyl groups is 1. The smallest absolute Gasteiger partial charge is 0.220 e. The molecule has 1 amide bonds. The Hall–Kier alpha value is -0.610. The Labute approximate surface area is 85.3 Å². The van der Waals surface area contributed by atoms with Gasteiger partial charge in [0.2, 0.25) is 5.91 Å². The summed E-state index contributed by atoms with van der Waals surface area (Å²) in [7, 11) is 1.68. The summed E-state index contributed by atoms with van der Waals surface area (Å²) in [5, 5.41) is 11.4. The van der Waals surface area contributed by atoms with Gasteiger partial charge in [0.25, 0.3) is 0 Å². The lowest BCUT2D eigenvalue weighted by molar-refractivity contribution is -0.121. The average molecular weight is 200 g/mol. The van der Waals surface area contributed by atoms with Crippen LogP contribution in [-0.4, -0.2) is 49.2 Å². The summed E-state index contributed by atoms with van der Waals surface area (Å²) in [6.45, 7) is 3.04. The molecule has 1 saturated heterocycles. The van der Waals surface area contributed by atoms with E-state index in [0.717, 1.165) is 32.5 Å². The Morgan fingerprint density at radius 2 is 2.14 bits per heavy atom. The van der Waals surface area contributed by atoms with Crippen molar-refractivity contribution in [2.45, 2.75) is 19.3 Å². The molecule has 0 aromatic heterocycles. The van der Waals surface area contributed by atoms with Gasteiger partial charge in [-0.15, -0.1) is 0 Å². The van der Waals surface area contributed by atoms with Crippen molar-refractivity contribution in [3.63, 3.8) is 0 Å². The van der Waals surface area contributed by atoms with E-state index >= 15 is 0 Å². The molecule has 0 aliphatic carbocycles. The van der Waals surface area contributed by atoms with E-state index in [9.17, 15) is 4.79 Å². The zero-order chi connectivity index (χ0) is 10.4. The summed E-state index contributed by atoms with van der Waals surface area (Å²) in [5.74, 6) is 0.676. The van der Waals surface area contributed by atoms with E-state index in [0.29, 0.717) is 12.3 Å². The molecule has 1 aliphatic rings. The fourth-order valence-corrected chi connectivity index (χ4v) is 1.92. The molecule has 1 heterocycles. The largest absolute Gasteiger partial charge is 0.395 e. The van der Waals surface area contributed by atoms with Crippen molar-refractivity contribution in [1.82, 2.24) is 10.2 Å². The van der Waals surface area contributed by atoms with Gasteiger partial charge < -0.3 is 15.3 Å². The molecule has 4 heteroatoms. The quantitative estimate of drug-likeness (QED) is 0.662. The second-order valence-electron chi connectivity index (χ2n) is 3.89. The van der Waals surface area contributed by atoms with E-state index in [1.54, 1.807) is 7.05 Å². The molecule has 1 rings (SSSR count). The first-order valence-corrected chi connectivity index (χ1v) is 5.30. The molecule has 0 atom stereocenters. The number of rotatable bonds is 4. The van der Waals surface area contributed by atoms with Crippen LogP contribution in [0.3, 0.4) is 0 Å². The molecule has 1 aliphatic heterocycles. The average Bonchev–Trinajstić information content (AvgIpc) is 2.21. The lowest BCUT2D eigenvalue weighted by Crippen LogP contribution is -2.37. The van der Waals surface area contributed by atoms with Crippen LogP contribution >= 0.6 is 0 Å². The molecule has 2 N–H and O–H groups in total. The molecular formula is C10H20N2O2. The van der Waals surface area contributed by atoms with Gasteiger partial charge >= 0.3 is 0 Å². The number of aliphatic hydroxyl groups excluding tert-OH is 1. The van der Waals surface area contributed by atoms with E-state index in [4.69, 9.17) is 5.11 Å². The van der Waals surface area contributed by atoms with Crippen molar-refractivity contribution in [2.24, 2.45) is 5.92 Å². The topological polar surface area (TPSA) is 52.6 Å². The molecular weight excluding hydrogens is 180 g/mol. The minimum atomic E-state index is 0.144. The van der Waals surface area contributed by atoms with Crippen LogP contribution in [0.5, 0.6) is 0 Å². The third-order valence-corrected chi connectivity index (χ3v) is 2.88. The van der Waals surface area contributed by atoms with Gasteiger partial charge in [-0.05, 0) is 31.8 Å². The monoisotopic (exact) mass is 200 g/mol. The number of nitrogens with zero attached hydrogens (tertiary/aromatic N) is 1. The molecule has 82 valence electrons. The SMILES string of the molecule is CNC(=O)CC1CCN(CCO)CC1. The van der Waals surface area contributed by atoms with E-state index in [1.807, 2.05) is 0 Å². The zero-order valence-electron chi connectivity index (χ0n) is 8.83. The molecule has 0 radical (unpaired) electrons. The maximum absolute atomic E-state index is 11.1. The third kappa shape index (κ3) is 3.64. The van der Waals surface area contributed by atoms with Crippen molar-refractivity contribution in [2.75, 3.05) is 33.3 Å². The van der Waals surface area contributed by atoms with Crippen LogP contribution in [-0.2, 0) is 4.79 Å². The van der Waals surface area contributed by atoms with Gasteiger partial charge in [-0.25, -0.2) is 0 Å². The molecule has 0 bridgehead atoms. The van der Waals surface area contributed by atoms with E-state index in [2.05, 4.69) is 10.2 Å². The lowest BCUT2D eigenvalue weighted by Gasteiger charge is -2.30. The van der Waals surface area contributed by atoms with Gasteiger partial charge in [-0.3, -0.25) is 4.79 Å². The minimum absolute atomic E-state index is 0.144. The van der Waals surface area contributed by atoms with Crippen molar-refractivity contribution >= 4 is 5.91 Å². The summed E-state index contributed by atoms with van der Waals surface area (Å²) in [5.41, 5.74) is 0. The Kier molecular flexibility index (Phi) is 4.90. The first kappa shape index (κ1) is 11.5. The molecule has 0 unspecified atom stereocenters. The predicted octanol–water partition coefficient (Wildman–Crippen LogP) is -0.173. The summed E-state index contributed by atoms with van der Waals surface area (Å²) < 4.78 is 0. The highest BCUT2D eigenvalue weighted by Crippen LogP contribution is 2.19. The van der Waals surface area contributed by atoms with Crippen LogP contribution in [0.1, 0.15) is 19.3 Å². The first-order chi connectivity index (χ1) is 6.76. The molecule has 0 aromatic rings. The van der Waals surface area contributed by atoms with Gasteiger partial charge in [0.15, 0.2) is 0 Å². The summed E-state index contributed by atoms with van der Waals surface area (Å²) in [6.07, 6.45) is 2.81. The van der Waals surface area contributed by atoms with Gasteiger partial charge in [0.1, 0.15) is 0 Å². The second kappa shape index (κ2) is 5.98. The molecule has 4 nitrogen and oxygen atoms in total. The van der Waals surface area contributed by atoms with E-state index in [1.165, 1.54) is 0 Å². The minimum Gasteiger partial charge on any atom is -0.395 e. The van der Waals surface area contributed by atoms with Crippen molar-refractivity contribution in [3.05, 3.63) is 0 Å². The Morgan fingerprint density at radius 1 is 1.50 bits per heavy atom. The number of piperidine rings is 1. The molecule has 14 heavy (non-hydrogen) atoms. The second-order valence-corrected chi connectivity index (χ2v) is 3.89. The van der Waals surface area contributed by atoms with Crippen LogP contribution in [0.15, 0.2) is 0 Å². The number of nitrogens with one attached hydrogen (secondary N) is 1. The zero-order valence-corrected chi connectivity index (χ0v) is 8.83. The van der Waals surface area contributed by atoms with E-state index in [-0.39, 0.29) is 12.5 Å². The van der Waals surface area contributed by atoms with Crippen LogP contribution in [0, 0.1) is 5.92 Å². The summed E-state index contributed by atoms with van der Waals surface area (Å²) in [6, 6.07) is 0. The van der Waals surface area contributed by atoms with Crippen LogP contribution in [0.25, 0.3) is 0 Å². The number of hydrogen-bond donors (Lipinski definition) is 2. The maximum Gasteiger partial charge on any atom is 0.220 e. The first-order valence-electron chi connectivity index (χ1n) is 5.30. The number of carbonyl (C=O) groups is 1. The highest BCUT2D eigenvalue weighted by Gasteiger charge is 2.20. The van der Waals surface area contributed by atoms with Gasteiger partial charge in [0, 0.05) is 20.0 Å². The summed E-state index contributed by atoms with van der Waals surface area (Å²) in [4.78, 5) is 13.4. The highest BCUT2D eigenvalue weighted by atomic mass is 16.3. The van der Waals surface area contributed by atoms with E-state index < -0.39 is 0 Å². The molecule has 0 spiro atoms. The van der Waals surface area contributed by atoms with Gasteiger partial charge in [-0.1, -0.05) is 0 Å². The van der Waals surface area contributed by atoms with Crippen LogP contribution in [0.2, 0.25) is 0 Å². The predicted molar refractivity (Wildman–Crippen MR) is 54.9 cm³/mol. The Bertz CT molecular complexity index is 177. The van der Waals surface area contributed by atoms with Crippen molar-refractivity contribution in [1.29, 1.82) is 0 Å². The number of hydrogen-bond acceptors (Lipinski definition) is 3. The molecule has 0 saturated carbocycles. The fraction of sp³-hybridized carbons (Fsp3) is 0.900. The highest BCUT2D eigenvalue weighted by molar-refractivity contribution is 5.75.